The van der Waals surface area contributed by atoms with Crippen LogP contribution in [0.15, 0.2) is 73.1 Å². The highest BCUT2D eigenvalue weighted by Crippen LogP contribution is 2.34. The second-order valence-electron chi connectivity index (χ2n) is 10.6. The van der Waals surface area contributed by atoms with Gasteiger partial charge in [-0.2, -0.15) is 0 Å². The number of hydrogen-bond donors (Lipinski definition) is 4. The first kappa shape index (κ1) is 29.4. The van der Waals surface area contributed by atoms with Crippen LogP contribution in [-0.4, -0.2) is 45.8 Å². The van der Waals surface area contributed by atoms with Gasteiger partial charge in [0.05, 0.1) is 18.1 Å². The molecule has 1 heterocycles. The molecule has 1 aliphatic carbocycles. The van der Waals surface area contributed by atoms with Gasteiger partial charge in [-0.3, -0.25) is 14.6 Å². The summed E-state index contributed by atoms with van der Waals surface area (Å²) in [4.78, 5) is 29.2. The van der Waals surface area contributed by atoms with Crippen molar-refractivity contribution < 1.29 is 24.5 Å². The number of aromatic nitrogens is 1. The average Bonchev–Trinajstić information content (AvgIpc) is 3.20. The molecule has 8 heteroatoms. The van der Waals surface area contributed by atoms with E-state index < -0.39 is 18.1 Å². The number of ether oxygens (including phenoxy) is 1. The van der Waals surface area contributed by atoms with Crippen LogP contribution in [0, 0.1) is 11.8 Å². The Balaban J connectivity index is 1.18. The number of hydrogen-bond acceptors (Lipinski definition) is 7. The molecule has 2 unspecified atom stereocenters. The fourth-order valence-corrected chi connectivity index (χ4v) is 5.25. The van der Waals surface area contributed by atoms with E-state index in [4.69, 9.17) is 10.5 Å². The molecule has 5 N–H and O–H groups in total. The molecule has 0 radical (unpaired) electrons. The number of esters is 1. The second kappa shape index (κ2) is 14.2. The third-order valence-corrected chi connectivity index (χ3v) is 7.83. The van der Waals surface area contributed by atoms with Crippen molar-refractivity contribution in [3.05, 3.63) is 84.2 Å². The molecule has 1 fully saturated rings. The predicted molar refractivity (Wildman–Crippen MR) is 155 cm³/mol. The number of aliphatic hydroxyl groups excluding tert-OH is 2. The van der Waals surface area contributed by atoms with E-state index in [-0.39, 0.29) is 36.9 Å². The van der Waals surface area contributed by atoms with Gasteiger partial charge in [0.2, 0.25) is 5.91 Å². The van der Waals surface area contributed by atoms with Gasteiger partial charge in [0, 0.05) is 36.4 Å². The fraction of sp³-hybridized carbons (Fsp3) is 0.406. The van der Waals surface area contributed by atoms with Crippen LogP contribution in [0.5, 0.6) is 0 Å². The van der Waals surface area contributed by atoms with E-state index in [0.29, 0.717) is 24.9 Å². The minimum absolute atomic E-state index is 0.0830. The lowest BCUT2D eigenvalue weighted by Gasteiger charge is -2.17. The van der Waals surface area contributed by atoms with Crippen LogP contribution < -0.4 is 11.1 Å². The number of anilines is 1. The summed E-state index contributed by atoms with van der Waals surface area (Å²) in [5.41, 5.74) is 8.27. The van der Waals surface area contributed by atoms with Crippen molar-refractivity contribution in [3.63, 3.8) is 0 Å². The van der Waals surface area contributed by atoms with Crippen molar-refractivity contribution in [1.82, 2.24) is 4.98 Å². The highest BCUT2D eigenvalue weighted by Gasteiger charge is 2.37. The summed E-state index contributed by atoms with van der Waals surface area (Å²) in [6, 6.07) is 14.9. The molecular weight excluding hydrogens is 506 g/mol. The molecule has 0 spiro atoms. The smallest absolute Gasteiger partial charge is 0.306 e. The average molecular weight is 546 g/mol. The molecule has 8 nitrogen and oxygen atoms in total. The van der Waals surface area contributed by atoms with Gasteiger partial charge < -0.3 is 26.0 Å². The number of nitrogens with two attached hydrogens (primary N) is 1. The minimum atomic E-state index is -0.511. The van der Waals surface area contributed by atoms with Crippen molar-refractivity contribution in [2.24, 2.45) is 17.6 Å². The van der Waals surface area contributed by atoms with Crippen LogP contribution in [0.3, 0.4) is 0 Å². The highest BCUT2D eigenvalue weighted by molar-refractivity contribution is 5.98. The van der Waals surface area contributed by atoms with Crippen molar-refractivity contribution in [1.29, 1.82) is 0 Å². The van der Waals surface area contributed by atoms with Crippen LogP contribution >= 0.6 is 0 Å². The Morgan fingerprint density at radius 1 is 1.10 bits per heavy atom. The Bertz CT molecular complexity index is 1310. The van der Waals surface area contributed by atoms with E-state index in [1.165, 1.54) is 0 Å². The van der Waals surface area contributed by atoms with E-state index in [9.17, 15) is 19.8 Å². The Hall–Kier alpha value is -3.59. The second-order valence-corrected chi connectivity index (χ2v) is 10.6. The van der Waals surface area contributed by atoms with E-state index in [1.54, 1.807) is 12.4 Å². The minimum Gasteiger partial charge on any atom is -0.461 e. The Labute approximate surface area is 235 Å². The molecule has 0 saturated heterocycles. The van der Waals surface area contributed by atoms with Crippen LogP contribution in [0.4, 0.5) is 5.69 Å². The molecule has 1 aromatic heterocycles. The van der Waals surface area contributed by atoms with E-state index in [1.807, 2.05) is 67.6 Å². The zero-order valence-corrected chi connectivity index (χ0v) is 22.9. The van der Waals surface area contributed by atoms with Gasteiger partial charge >= 0.3 is 5.97 Å². The molecule has 5 atom stereocenters. The maximum Gasteiger partial charge on any atom is 0.306 e. The maximum atomic E-state index is 13.0. The summed E-state index contributed by atoms with van der Waals surface area (Å²) in [6.45, 7) is 2.30. The van der Waals surface area contributed by atoms with Crippen molar-refractivity contribution in [2.75, 3.05) is 11.9 Å². The van der Waals surface area contributed by atoms with Gasteiger partial charge in [-0.25, -0.2) is 0 Å². The van der Waals surface area contributed by atoms with E-state index in [0.717, 1.165) is 34.7 Å². The largest absolute Gasteiger partial charge is 0.461 e. The molecule has 40 heavy (non-hydrogen) atoms. The Morgan fingerprint density at radius 2 is 1.90 bits per heavy atom. The lowest BCUT2D eigenvalue weighted by atomic mass is 9.92. The third-order valence-electron chi connectivity index (χ3n) is 7.83. The van der Waals surface area contributed by atoms with Crippen molar-refractivity contribution in [3.8, 4) is 0 Å². The molecule has 212 valence electrons. The zero-order valence-electron chi connectivity index (χ0n) is 22.9. The molecule has 1 saturated carbocycles. The zero-order chi connectivity index (χ0) is 28.5. The number of nitrogens with one attached hydrogen (secondary N) is 1. The number of pyridine rings is 1. The van der Waals surface area contributed by atoms with Crippen molar-refractivity contribution >= 4 is 28.3 Å². The number of nitrogens with zero attached hydrogens (tertiary/aromatic N) is 1. The topological polar surface area (TPSA) is 135 Å². The third kappa shape index (κ3) is 7.75. The van der Waals surface area contributed by atoms with E-state index >= 15 is 0 Å². The Kier molecular flexibility index (Phi) is 10.4. The van der Waals surface area contributed by atoms with Gasteiger partial charge in [-0.15, -0.1) is 0 Å². The van der Waals surface area contributed by atoms with Gasteiger partial charge in [0.1, 0.15) is 6.61 Å². The van der Waals surface area contributed by atoms with Crippen LogP contribution in [0.25, 0.3) is 10.8 Å². The number of allylic oxidation sites excluding steroid dienone is 2. The number of rotatable bonds is 12. The number of fused-ring (bicyclic) bond motifs is 1. The number of unbranched alkanes of at least 4 members (excludes halogenated alkanes) is 1. The van der Waals surface area contributed by atoms with Gasteiger partial charge in [0.25, 0.3) is 0 Å². The number of benzene rings is 2. The normalized spacial score (nSPS) is 21.5. The quantitative estimate of drug-likeness (QED) is 0.150. The summed E-state index contributed by atoms with van der Waals surface area (Å²) in [7, 11) is 0. The molecule has 4 rings (SSSR count). The lowest BCUT2D eigenvalue weighted by molar-refractivity contribution is -0.145. The van der Waals surface area contributed by atoms with Crippen LogP contribution in [0.1, 0.15) is 56.1 Å². The summed E-state index contributed by atoms with van der Waals surface area (Å²) in [5, 5.41) is 24.8. The number of amides is 1. The number of aliphatic hydroxyl groups is 2. The van der Waals surface area contributed by atoms with Crippen LogP contribution in [-0.2, 0) is 20.9 Å². The number of carbonyl (C=O) groups is 2. The first-order valence-electron chi connectivity index (χ1n) is 14.0. The maximum absolute atomic E-state index is 13.0. The standard InChI is InChI=1S/C32H39N3O5/c1-21-27(30(37)17-29(21)36)6-4-2-3-5-7-31(38)40-20-22-8-10-23(11-9-22)28(18-33)32(39)35-26-13-12-25-19-34-15-14-24(25)16-26/h2,4,8-16,19,21,27-30,36-37H,3,5-7,17-18,20,33H2,1H3,(H,35,39)/b4-2-/t21-,27?,28?,29-,30+/m1/s1. The molecule has 1 amide bonds. The van der Waals surface area contributed by atoms with Gasteiger partial charge in [0.15, 0.2) is 0 Å². The fourth-order valence-electron chi connectivity index (χ4n) is 5.25. The lowest BCUT2D eigenvalue weighted by Crippen LogP contribution is -2.27. The van der Waals surface area contributed by atoms with Crippen LogP contribution in [0.2, 0.25) is 0 Å². The first-order valence-corrected chi connectivity index (χ1v) is 14.0. The SMILES string of the molecule is C[C@@H]1C(C/C=C\CCCC(=O)OCc2ccc(C(CN)C(=O)Nc3ccc4cnccc4c3)cc2)[C@@H](O)C[C@H]1O. The number of carbonyl (C=O) groups excluding carboxylic acids is 2. The highest BCUT2D eigenvalue weighted by atomic mass is 16.5. The summed E-state index contributed by atoms with van der Waals surface area (Å²) in [6.07, 6.45) is 9.60. The molecule has 0 aliphatic heterocycles. The monoisotopic (exact) mass is 545 g/mol. The van der Waals surface area contributed by atoms with Gasteiger partial charge in [-0.1, -0.05) is 49.4 Å². The molecule has 2 aromatic carbocycles. The van der Waals surface area contributed by atoms with Gasteiger partial charge in [-0.05, 0) is 72.2 Å². The van der Waals surface area contributed by atoms with Crippen molar-refractivity contribution in [2.45, 2.75) is 63.8 Å². The predicted octanol–water partition coefficient (Wildman–Crippen LogP) is 4.45. The molecule has 3 aromatic rings. The molecular formula is C32H39N3O5. The molecule has 0 bridgehead atoms. The first-order chi connectivity index (χ1) is 19.4. The summed E-state index contributed by atoms with van der Waals surface area (Å²) >= 11 is 0. The molecule has 1 aliphatic rings. The van der Waals surface area contributed by atoms with E-state index in [2.05, 4.69) is 10.3 Å². The Morgan fingerprint density at radius 3 is 2.62 bits per heavy atom. The summed E-state index contributed by atoms with van der Waals surface area (Å²) < 4.78 is 5.41. The summed E-state index contributed by atoms with van der Waals surface area (Å²) in [5.74, 6) is -0.778.